The van der Waals surface area contributed by atoms with Crippen molar-refractivity contribution in [2.75, 3.05) is 13.2 Å². The Hall–Kier alpha value is -0.0400. The molecule has 0 aromatic carbocycles. The van der Waals surface area contributed by atoms with E-state index in [4.69, 9.17) is 4.74 Å². The second-order valence-corrected chi connectivity index (χ2v) is 4.26. The van der Waals surface area contributed by atoms with Crippen LogP contribution < -0.4 is 0 Å². The molecule has 0 atom stereocenters. The molecule has 1 aliphatic rings. The van der Waals surface area contributed by atoms with E-state index in [1.54, 1.807) is 0 Å². The molecule has 0 aliphatic heterocycles. The standard InChI is InChI=1S/C12H24O/c1-2-10-13-11-6-9-12-7-4-3-5-8-12/h12H,2-11H2,1H3. The van der Waals surface area contributed by atoms with Crippen molar-refractivity contribution in [3.8, 4) is 0 Å². The Kier molecular flexibility index (Phi) is 6.26. The molecule has 1 aliphatic carbocycles. The summed E-state index contributed by atoms with van der Waals surface area (Å²) >= 11 is 0. The van der Waals surface area contributed by atoms with Gasteiger partial charge in [-0.15, -0.1) is 0 Å². The smallest absolute Gasteiger partial charge is 0.0466 e. The first-order valence-electron chi connectivity index (χ1n) is 6.01. The van der Waals surface area contributed by atoms with Crippen LogP contribution in [0.3, 0.4) is 0 Å². The van der Waals surface area contributed by atoms with Gasteiger partial charge in [0.1, 0.15) is 0 Å². The van der Waals surface area contributed by atoms with Crippen LogP contribution in [0.2, 0.25) is 0 Å². The maximum Gasteiger partial charge on any atom is 0.0466 e. The summed E-state index contributed by atoms with van der Waals surface area (Å²) in [6.07, 6.45) is 11.2. The van der Waals surface area contributed by atoms with Crippen molar-refractivity contribution in [3.63, 3.8) is 0 Å². The molecule has 1 nitrogen and oxygen atoms in total. The van der Waals surface area contributed by atoms with E-state index in [1.807, 2.05) is 0 Å². The van der Waals surface area contributed by atoms with Gasteiger partial charge < -0.3 is 4.74 Å². The molecule has 1 rings (SSSR count). The molecule has 13 heavy (non-hydrogen) atoms. The molecule has 0 aromatic rings. The molecule has 0 unspecified atom stereocenters. The van der Waals surface area contributed by atoms with Crippen LogP contribution >= 0.6 is 0 Å². The fraction of sp³-hybridized carbons (Fsp3) is 1.00. The highest BCUT2D eigenvalue weighted by Gasteiger charge is 2.12. The molecule has 0 bridgehead atoms. The molecule has 0 saturated heterocycles. The Balaban J connectivity index is 1.86. The molecule has 1 heteroatoms. The van der Waals surface area contributed by atoms with Crippen LogP contribution in [0.15, 0.2) is 0 Å². The zero-order valence-corrected chi connectivity index (χ0v) is 9.06. The second-order valence-electron chi connectivity index (χ2n) is 4.26. The van der Waals surface area contributed by atoms with Gasteiger partial charge in [-0.1, -0.05) is 39.0 Å². The zero-order valence-electron chi connectivity index (χ0n) is 9.06. The van der Waals surface area contributed by atoms with Gasteiger partial charge in [0.05, 0.1) is 0 Å². The van der Waals surface area contributed by atoms with Gasteiger partial charge >= 0.3 is 0 Å². The maximum absolute atomic E-state index is 5.47. The Morgan fingerprint density at radius 2 is 1.85 bits per heavy atom. The first kappa shape index (κ1) is 11.0. The molecular formula is C12H24O. The summed E-state index contributed by atoms with van der Waals surface area (Å²) in [6.45, 7) is 4.11. The SMILES string of the molecule is CCCOCCCC1CCCCC1. The highest BCUT2D eigenvalue weighted by atomic mass is 16.5. The summed E-state index contributed by atoms with van der Waals surface area (Å²) in [5.41, 5.74) is 0. The first-order chi connectivity index (χ1) is 6.43. The van der Waals surface area contributed by atoms with E-state index in [-0.39, 0.29) is 0 Å². The van der Waals surface area contributed by atoms with E-state index < -0.39 is 0 Å². The minimum atomic E-state index is 0.949. The largest absolute Gasteiger partial charge is 0.381 e. The molecule has 0 aromatic heterocycles. The minimum Gasteiger partial charge on any atom is -0.381 e. The fourth-order valence-electron chi connectivity index (χ4n) is 2.20. The van der Waals surface area contributed by atoms with Crippen LogP contribution in [0.4, 0.5) is 0 Å². The lowest BCUT2D eigenvalue weighted by atomic mass is 9.86. The van der Waals surface area contributed by atoms with Crippen LogP contribution in [-0.4, -0.2) is 13.2 Å². The van der Waals surface area contributed by atoms with Gasteiger partial charge in [0.2, 0.25) is 0 Å². The van der Waals surface area contributed by atoms with Gasteiger partial charge in [-0.25, -0.2) is 0 Å². The van der Waals surface area contributed by atoms with Crippen molar-refractivity contribution in [3.05, 3.63) is 0 Å². The second kappa shape index (κ2) is 7.37. The average molecular weight is 184 g/mol. The average Bonchev–Trinajstić information content (AvgIpc) is 2.19. The van der Waals surface area contributed by atoms with Crippen LogP contribution in [0, 0.1) is 5.92 Å². The normalized spacial score (nSPS) is 19.2. The van der Waals surface area contributed by atoms with Crippen molar-refractivity contribution in [1.29, 1.82) is 0 Å². The van der Waals surface area contributed by atoms with Crippen LogP contribution in [0.1, 0.15) is 58.3 Å². The number of rotatable bonds is 6. The molecule has 0 heterocycles. The molecule has 0 N–H and O–H groups in total. The van der Waals surface area contributed by atoms with Crippen LogP contribution in [-0.2, 0) is 4.74 Å². The first-order valence-corrected chi connectivity index (χ1v) is 6.01. The molecular weight excluding hydrogens is 160 g/mol. The van der Waals surface area contributed by atoms with E-state index in [0.29, 0.717) is 0 Å². The third-order valence-electron chi connectivity index (χ3n) is 2.97. The van der Waals surface area contributed by atoms with Gasteiger partial charge in [-0.05, 0) is 25.2 Å². The topological polar surface area (TPSA) is 9.23 Å². The predicted octanol–water partition coefficient (Wildman–Crippen LogP) is 3.77. The van der Waals surface area contributed by atoms with Crippen molar-refractivity contribution in [1.82, 2.24) is 0 Å². The van der Waals surface area contributed by atoms with Gasteiger partial charge in [-0.3, -0.25) is 0 Å². The molecule has 0 amide bonds. The Morgan fingerprint density at radius 3 is 2.54 bits per heavy atom. The Morgan fingerprint density at radius 1 is 1.08 bits per heavy atom. The number of hydrogen-bond acceptors (Lipinski definition) is 1. The quantitative estimate of drug-likeness (QED) is 0.571. The Labute approximate surface area is 82.9 Å². The van der Waals surface area contributed by atoms with Gasteiger partial charge in [-0.2, -0.15) is 0 Å². The third kappa shape index (κ3) is 5.30. The fourth-order valence-corrected chi connectivity index (χ4v) is 2.20. The van der Waals surface area contributed by atoms with E-state index >= 15 is 0 Å². The molecule has 78 valence electrons. The van der Waals surface area contributed by atoms with Crippen LogP contribution in [0.5, 0.6) is 0 Å². The van der Waals surface area contributed by atoms with Gasteiger partial charge in [0.15, 0.2) is 0 Å². The highest BCUT2D eigenvalue weighted by Crippen LogP contribution is 2.27. The van der Waals surface area contributed by atoms with Gasteiger partial charge in [0.25, 0.3) is 0 Å². The molecule has 1 fully saturated rings. The van der Waals surface area contributed by atoms with Crippen molar-refractivity contribution < 1.29 is 4.74 Å². The summed E-state index contributed by atoms with van der Waals surface area (Å²) in [5, 5.41) is 0. The lowest BCUT2D eigenvalue weighted by Gasteiger charge is -2.21. The lowest BCUT2D eigenvalue weighted by molar-refractivity contribution is 0.125. The van der Waals surface area contributed by atoms with E-state index in [2.05, 4.69) is 6.92 Å². The maximum atomic E-state index is 5.47. The van der Waals surface area contributed by atoms with E-state index in [0.717, 1.165) is 25.6 Å². The van der Waals surface area contributed by atoms with Crippen molar-refractivity contribution >= 4 is 0 Å². The molecule has 0 radical (unpaired) electrons. The summed E-state index contributed by atoms with van der Waals surface area (Å²) in [4.78, 5) is 0. The summed E-state index contributed by atoms with van der Waals surface area (Å²) in [7, 11) is 0. The third-order valence-corrected chi connectivity index (χ3v) is 2.97. The van der Waals surface area contributed by atoms with Gasteiger partial charge in [0, 0.05) is 13.2 Å². The minimum absolute atomic E-state index is 0.949. The summed E-state index contributed by atoms with van der Waals surface area (Å²) < 4.78 is 5.47. The molecule has 1 saturated carbocycles. The zero-order chi connectivity index (χ0) is 9.36. The van der Waals surface area contributed by atoms with Crippen molar-refractivity contribution in [2.24, 2.45) is 5.92 Å². The van der Waals surface area contributed by atoms with E-state index in [1.165, 1.54) is 44.9 Å². The van der Waals surface area contributed by atoms with Crippen LogP contribution in [0.25, 0.3) is 0 Å². The predicted molar refractivity (Wildman–Crippen MR) is 56.9 cm³/mol. The Bertz CT molecular complexity index is 106. The highest BCUT2D eigenvalue weighted by molar-refractivity contribution is 4.65. The lowest BCUT2D eigenvalue weighted by Crippen LogP contribution is -2.07. The summed E-state index contributed by atoms with van der Waals surface area (Å²) in [5.74, 6) is 1.03. The van der Waals surface area contributed by atoms with E-state index in [9.17, 15) is 0 Å². The number of ether oxygens (including phenoxy) is 1. The monoisotopic (exact) mass is 184 g/mol. The molecule has 0 spiro atoms. The summed E-state index contributed by atoms with van der Waals surface area (Å²) in [6, 6.07) is 0. The van der Waals surface area contributed by atoms with Crippen molar-refractivity contribution in [2.45, 2.75) is 58.3 Å². The number of hydrogen-bond donors (Lipinski definition) is 0.